The van der Waals surface area contributed by atoms with E-state index in [1.165, 1.54) is 18.4 Å². The minimum Gasteiger partial charge on any atom is -0.271 e. The molecule has 0 aliphatic carbocycles. The van der Waals surface area contributed by atoms with Gasteiger partial charge in [0.05, 0.1) is 0 Å². The lowest BCUT2D eigenvalue weighted by Crippen LogP contribution is -2.32. The largest absolute Gasteiger partial charge is 0.271 e. The van der Waals surface area contributed by atoms with Crippen LogP contribution in [0.15, 0.2) is 27.1 Å². The van der Waals surface area contributed by atoms with E-state index in [-0.39, 0.29) is 6.04 Å². The Bertz CT molecular complexity index is 322. The number of benzene rings is 1. The normalized spacial score (nSPS) is 14.8. The summed E-state index contributed by atoms with van der Waals surface area (Å²) in [4.78, 5) is 0. The van der Waals surface area contributed by atoms with E-state index < -0.39 is 0 Å². The molecule has 2 nitrogen and oxygen atoms in total. The fourth-order valence-electron chi connectivity index (χ4n) is 1.97. The van der Waals surface area contributed by atoms with Gasteiger partial charge in [0, 0.05) is 15.0 Å². The van der Waals surface area contributed by atoms with E-state index in [2.05, 4.69) is 63.3 Å². The predicted molar refractivity (Wildman–Crippen MR) is 76.0 cm³/mol. The molecule has 4 heteroatoms. The Morgan fingerprint density at radius 1 is 1.25 bits per heavy atom. The molecule has 1 rings (SSSR count). The van der Waals surface area contributed by atoms with Gasteiger partial charge in [0.25, 0.3) is 0 Å². The minimum absolute atomic E-state index is 0.203. The molecule has 0 aromatic heterocycles. The molecular weight excluding hydrogens is 332 g/mol. The molecule has 0 bridgehead atoms. The van der Waals surface area contributed by atoms with Crippen molar-refractivity contribution in [3.8, 4) is 0 Å². The lowest BCUT2D eigenvalue weighted by atomic mass is 9.91. The van der Waals surface area contributed by atoms with Crippen LogP contribution in [0.1, 0.15) is 38.3 Å². The molecule has 1 aromatic rings. The minimum atomic E-state index is 0.203. The van der Waals surface area contributed by atoms with Crippen LogP contribution in [0.25, 0.3) is 0 Å². The van der Waals surface area contributed by atoms with Gasteiger partial charge in [-0.3, -0.25) is 11.3 Å². The monoisotopic (exact) mass is 348 g/mol. The lowest BCUT2D eigenvalue weighted by molar-refractivity contribution is 0.368. The highest BCUT2D eigenvalue weighted by Gasteiger charge is 2.17. The van der Waals surface area contributed by atoms with Crippen LogP contribution in [0.3, 0.4) is 0 Å². The van der Waals surface area contributed by atoms with Gasteiger partial charge < -0.3 is 0 Å². The topological polar surface area (TPSA) is 38.0 Å². The summed E-state index contributed by atoms with van der Waals surface area (Å²) in [6.45, 7) is 4.42. The Hall–Kier alpha value is 0.1000. The van der Waals surface area contributed by atoms with Crippen molar-refractivity contribution in [3.05, 3.63) is 32.7 Å². The maximum atomic E-state index is 5.66. The first kappa shape index (κ1) is 14.2. The Labute approximate surface area is 114 Å². The second-order valence-corrected chi connectivity index (χ2v) is 5.94. The summed E-state index contributed by atoms with van der Waals surface area (Å²) in [7, 11) is 0. The van der Waals surface area contributed by atoms with Gasteiger partial charge in [0.1, 0.15) is 0 Å². The van der Waals surface area contributed by atoms with Crippen molar-refractivity contribution in [2.24, 2.45) is 11.8 Å². The first-order chi connectivity index (χ1) is 7.58. The summed E-state index contributed by atoms with van der Waals surface area (Å²) in [5.41, 5.74) is 4.13. The van der Waals surface area contributed by atoms with E-state index >= 15 is 0 Å². The highest BCUT2D eigenvalue weighted by molar-refractivity contribution is 9.11. The van der Waals surface area contributed by atoms with Crippen LogP contribution in [0.4, 0.5) is 0 Å². The van der Waals surface area contributed by atoms with Gasteiger partial charge in [-0.25, -0.2) is 0 Å². The molecule has 0 spiro atoms. The number of hydrogen-bond donors (Lipinski definition) is 2. The molecule has 0 radical (unpaired) electrons. The van der Waals surface area contributed by atoms with Gasteiger partial charge in [-0.2, -0.15) is 0 Å². The van der Waals surface area contributed by atoms with Crippen molar-refractivity contribution < 1.29 is 0 Å². The van der Waals surface area contributed by atoms with Crippen molar-refractivity contribution in [3.63, 3.8) is 0 Å². The molecule has 0 saturated carbocycles. The zero-order valence-corrected chi connectivity index (χ0v) is 12.8. The molecule has 90 valence electrons. The van der Waals surface area contributed by atoms with Gasteiger partial charge in [-0.15, -0.1) is 0 Å². The quantitative estimate of drug-likeness (QED) is 0.619. The first-order valence-corrected chi connectivity index (χ1v) is 7.09. The molecule has 0 aliphatic rings. The van der Waals surface area contributed by atoms with Crippen LogP contribution in [-0.2, 0) is 0 Å². The molecule has 0 aliphatic heterocycles. The Kier molecular flexibility index (Phi) is 5.97. The summed E-state index contributed by atoms with van der Waals surface area (Å²) < 4.78 is 2.14. The number of nitrogens with one attached hydrogen (secondary N) is 1. The summed E-state index contributed by atoms with van der Waals surface area (Å²) >= 11 is 7.00. The zero-order chi connectivity index (χ0) is 12.1. The lowest BCUT2D eigenvalue weighted by Gasteiger charge is -2.23. The van der Waals surface area contributed by atoms with Crippen LogP contribution in [-0.4, -0.2) is 0 Å². The van der Waals surface area contributed by atoms with Crippen LogP contribution in [0.2, 0.25) is 0 Å². The highest BCUT2D eigenvalue weighted by Crippen LogP contribution is 2.29. The van der Waals surface area contributed by atoms with Crippen molar-refractivity contribution in [2.75, 3.05) is 0 Å². The van der Waals surface area contributed by atoms with Gasteiger partial charge >= 0.3 is 0 Å². The van der Waals surface area contributed by atoms with E-state index in [0.29, 0.717) is 5.92 Å². The van der Waals surface area contributed by atoms with E-state index in [9.17, 15) is 0 Å². The third-order valence-electron chi connectivity index (χ3n) is 2.74. The summed E-state index contributed by atoms with van der Waals surface area (Å²) in [5, 5.41) is 0. The number of hydrazine groups is 1. The van der Waals surface area contributed by atoms with Gasteiger partial charge in [0.15, 0.2) is 0 Å². The highest BCUT2D eigenvalue weighted by atomic mass is 79.9. The molecule has 16 heavy (non-hydrogen) atoms. The fourth-order valence-corrected chi connectivity index (χ4v) is 3.29. The van der Waals surface area contributed by atoms with Crippen LogP contribution >= 0.6 is 31.9 Å². The van der Waals surface area contributed by atoms with Gasteiger partial charge in [-0.05, 0) is 36.1 Å². The third-order valence-corrected chi connectivity index (χ3v) is 3.65. The number of hydrogen-bond acceptors (Lipinski definition) is 2. The summed E-state index contributed by atoms with van der Waals surface area (Å²) in [6.07, 6.45) is 2.34. The SMILES string of the molecule is CCCC(C)C(NN)c1cc(Br)cc(Br)c1. The zero-order valence-electron chi connectivity index (χ0n) is 9.63. The average Bonchev–Trinajstić information content (AvgIpc) is 2.17. The smallest absolute Gasteiger partial charge is 0.0486 e. The van der Waals surface area contributed by atoms with Crippen molar-refractivity contribution in [1.82, 2.24) is 5.43 Å². The van der Waals surface area contributed by atoms with Gasteiger partial charge in [-0.1, -0.05) is 52.1 Å². The maximum Gasteiger partial charge on any atom is 0.0486 e. The van der Waals surface area contributed by atoms with E-state index in [0.717, 1.165) is 8.95 Å². The molecule has 1 aromatic carbocycles. The van der Waals surface area contributed by atoms with Gasteiger partial charge in [0.2, 0.25) is 0 Å². The van der Waals surface area contributed by atoms with E-state index in [4.69, 9.17) is 5.84 Å². The second kappa shape index (κ2) is 6.74. The van der Waals surface area contributed by atoms with Crippen molar-refractivity contribution in [2.45, 2.75) is 32.7 Å². The average molecular weight is 350 g/mol. The fraction of sp³-hybridized carbons (Fsp3) is 0.500. The number of rotatable bonds is 5. The molecule has 0 heterocycles. The Morgan fingerprint density at radius 2 is 1.81 bits per heavy atom. The standard InChI is InChI=1S/C12H18Br2N2/c1-3-4-8(2)12(16-15)9-5-10(13)7-11(14)6-9/h5-8,12,16H,3-4,15H2,1-2H3. The van der Waals surface area contributed by atoms with Crippen molar-refractivity contribution in [1.29, 1.82) is 0 Å². The summed E-state index contributed by atoms with van der Waals surface area (Å²) in [6, 6.07) is 6.46. The van der Waals surface area contributed by atoms with E-state index in [1.54, 1.807) is 0 Å². The Balaban J connectivity index is 2.94. The van der Waals surface area contributed by atoms with E-state index in [1.807, 2.05) is 6.07 Å². The molecule has 0 amide bonds. The third kappa shape index (κ3) is 3.84. The Morgan fingerprint density at radius 3 is 2.25 bits per heavy atom. The maximum absolute atomic E-state index is 5.66. The summed E-state index contributed by atoms with van der Waals surface area (Å²) in [5.74, 6) is 6.18. The molecule has 0 saturated heterocycles. The molecule has 0 fully saturated rings. The molecule has 2 unspecified atom stereocenters. The second-order valence-electron chi connectivity index (χ2n) is 4.11. The molecule has 2 atom stereocenters. The van der Waals surface area contributed by atoms with Crippen LogP contribution in [0.5, 0.6) is 0 Å². The first-order valence-electron chi connectivity index (χ1n) is 5.50. The molecule has 3 N–H and O–H groups in total. The van der Waals surface area contributed by atoms with Crippen LogP contribution in [0, 0.1) is 5.92 Å². The molecular formula is C12H18Br2N2. The number of nitrogens with two attached hydrogens (primary N) is 1. The number of halogens is 2. The predicted octanol–water partition coefficient (Wildman–Crippen LogP) is 4.15. The van der Waals surface area contributed by atoms with Crippen LogP contribution < -0.4 is 11.3 Å². The van der Waals surface area contributed by atoms with Crippen molar-refractivity contribution >= 4 is 31.9 Å².